The van der Waals surface area contributed by atoms with Gasteiger partial charge >= 0.3 is 0 Å². The monoisotopic (exact) mass is 278 g/mol. The van der Waals surface area contributed by atoms with Crippen LogP contribution < -0.4 is 10.6 Å². The van der Waals surface area contributed by atoms with Gasteiger partial charge in [-0.15, -0.1) is 0 Å². The van der Waals surface area contributed by atoms with Gasteiger partial charge in [0.2, 0.25) is 5.91 Å². The molecule has 0 bridgehead atoms. The van der Waals surface area contributed by atoms with Crippen LogP contribution >= 0.6 is 0 Å². The van der Waals surface area contributed by atoms with Gasteiger partial charge in [0.05, 0.1) is 18.7 Å². The molecule has 1 amide bonds. The molecule has 0 radical (unpaired) electrons. The molecule has 2 unspecified atom stereocenters. The van der Waals surface area contributed by atoms with Crippen LogP contribution in [0.4, 0.5) is 0 Å². The summed E-state index contributed by atoms with van der Waals surface area (Å²) >= 11 is 0. The summed E-state index contributed by atoms with van der Waals surface area (Å²) in [6, 6.07) is 9.73. The highest BCUT2D eigenvalue weighted by Gasteiger charge is 2.22. The summed E-state index contributed by atoms with van der Waals surface area (Å²) in [6.07, 6.45) is 0. The molecule has 1 aromatic rings. The maximum Gasteiger partial charge on any atom is 0.237 e. The predicted molar refractivity (Wildman–Crippen MR) is 81.6 cm³/mol. The maximum atomic E-state index is 12.1. The number of carbonyl (C=O) groups excluding carboxylic acids is 1. The minimum Gasteiger partial charge on any atom is -0.383 e. The second-order valence-corrected chi connectivity index (χ2v) is 6.05. The molecule has 2 atom stereocenters. The van der Waals surface area contributed by atoms with Crippen LogP contribution in [0.5, 0.6) is 0 Å². The van der Waals surface area contributed by atoms with Gasteiger partial charge in [-0.3, -0.25) is 10.1 Å². The molecule has 0 aliphatic carbocycles. The van der Waals surface area contributed by atoms with Crippen LogP contribution in [0.15, 0.2) is 30.3 Å². The van der Waals surface area contributed by atoms with Gasteiger partial charge in [-0.05, 0) is 33.3 Å². The molecule has 1 rings (SSSR count). The normalized spacial score (nSPS) is 14.7. The molecule has 2 N–H and O–H groups in total. The Morgan fingerprint density at radius 3 is 2.35 bits per heavy atom. The third-order valence-corrected chi connectivity index (χ3v) is 2.88. The molecule has 0 heterocycles. The minimum absolute atomic E-state index is 0.00178. The van der Waals surface area contributed by atoms with E-state index in [9.17, 15) is 4.79 Å². The van der Waals surface area contributed by atoms with E-state index in [4.69, 9.17) is 4.74 Å². The number of hydrogen-bond acceptors (Lipinski definition) is 3. The summed E-state index contributed by atoms with van der Waals surface area (Å²) < 4.78 is 5.25. The summed E-state index contributed by atoms with van der Waals surface area (Å²) in [5.74, 6) is -0.00506. The molecule has 1 aromatic carbocycles. The Kier molecular flexibility index (Phi) is 6.17. The first-order chi connectivity index (χ1) is 9.33. The standard InChI is InChI=1S/C16H26N2O2/c1-12(15(19)18-16(2,3)4)17-14(11-20-5)13-9-7-6-8-10-13/h6-10,12,14,17H,11H2,1-5H3,(H,18,19). The van der Waals surface area contributed by atoms with Gasteiger partial charge in [-0.2, -0.15) is 0 Å². The molecule has 0 aliphatic rings. The van der Waals surface area contributed by atoms with Crippen molar-refractivity contribution >= 4 is 5.91 Å². The lowest BCUT2D eigenvalue weighted by molar-refractivity contribution is -0.124. The van der Waals surface area contributed by atoms with Crippen molar-refractivity contribution in [1.29, 1.82) is 0 Å². The Morgan fingerprint density at radius 2 is 1.85 bits per heavy atom. The highest BCUT2D eigenvalue weighted by Crippen LogP contribution is 2.14. The topological polar surface area (TPSA) is 50.4 Å². The molecule has 0 spiro atoms. The van der Waals surface area contributed by atoms with Gasteiger partial charge in [0, 0.05) is 12.6 Å². The van der Waals surface area contributed by atoms with Crippen molar-refractivity contribution in [1.82, 2.24) is 10.6 Å². The summed E-state index contributed by atoms with van der Waals surface area (Å²) in [5.41, 5.74) is 0.890. The lowest BCUT2D eigenvalue weighted by Gasteiger charge is -2.27. The highest BCUT2D eigenvalue weighted by atomic mass is 16.5. The van der Waals surface area contributed by atoms with Crippen molar-refractivity contribution < 1.29 is 9.53 Å². The average Bonchev–Trinajstić information content (AvgIpc) is 2.37. The van der Waals surface area contributed by atoms with Crippen LogP contribution in [0.1, 0.15) is 39.3 Å². The number of ether oxygens (including phenoxy) is 1. The molecule has 0 saturated carbocycles. The number of methoxy groups -OCH3 is 1. The molecule has 4 nitrogen and oxygen atoms in total. The third kappa shape index (κ3) is 5.72. The largest absolute Gasteiger partial charge is 0.383 e. The van der Waals surface area contributed by atoms with E-state index in [1.807, 2.05) is 58.0 Å². The molecule has 0 aliphatic heterocycles. The van der Waals surface area contributed by atoms with E-state index in [0.29, 0.717) is 6.61 Å². The lowest BCUT2D eigenvalue weighted by Crippen LogP contribution is -2.50. The third-order valence-electron chi connectivity index (χ3n) is 2.88. The van der Waals surface area contributed by atoms with Crippen molar-refractivity contribution in [3.8, 4) is 0 Å². The van der Waals surface area contributed by atoms with Crippen molar-refractivity contribution in [2.24, 2.45) is 0 Å². The molecule has 0 fully saturated rings. The summed E-state index contributed by atoms with van der Waals surface area (Å²) in [4.78, 5) is 12.1. The SMILES string of the molecule is COCC(NC(C)C(=O)NC(C)(C)C)c1ccccc1. The maximum absolute atomic E-state index is 12.1. The van der Waals surface area contributed by atoms with Gasteiger partial charge < -0.3 is 10.1 Å². The summed E-state index contributed by atoms with van der Waals surface area (Å²) in [5, 5.41) is 6.30. The molecular formula is C16H26N2O2. The Hall–Kier alpha value is -1.39. The van der Waals surface area contributed by atoms with E-state index in [1.54, 1.807) is 7.11 Å². The number of benzene rings is 1. The summed E-state index contributed by atoms with van der Waals surface area (Å²) in [6.45, 7) is 8.31. The van der Waals surface area contributed by atoms with Crippen molar-refractivity contribution in [2.75, 3.05) is 13.7 Å². The van der Waals surface area contributed by atoms with Crippen LogP contribution in [-0.2, 0) is 9.53 Å². The highest BCUT2D eigenvalue weighted by molar-refractivity contribution is 5.82. The molecule has 112 valence electrons. The Morgan fingerprint density at radius 1 is 1.25 bits per heavy atom. The molecule has 0 aromatic heterocycles. The van der Waals surface area contributed by atoms with Crippen LogP contribution in [0.3, 0.4) is 0 Å². The van der Waals surface area contributed by atoms with Gasteiger partial charge in [0.1, 0.15) is 0 Å². The van der Waals surface area contributed by atoms with E-state index in [0.717, 1.165) is 5.56 Å². The van der Waals surface area contributed by atoms with Gasteiger partial charge in [-0.1, -0.05) is 30.3 Å². The second-order valence-electron chi connectivity index (χ2n) is 6.05. The van der Waals surface area contributed by atoms with E-state index in [-0.39, 0.29) is 23.5 Å². The Bertz CT molecular complexity index is 412. The van der Waals surface area contributed by atoms with Crippen molar-refractivity contribution in [3.05, 3.63) is 35.9 Å². The Balaban J connectivity index is 2.69. The van der Waals surface area contributed by atoms with Crippen LogP contribution in [-0.4, -0.2) is 31.2 Å². The van der Waals surface area contributed by atoms with E-state index in [2.05, 4.69) is 10.6 Å². The number of hydrogen-bond donors (Lipinski definition) is 2. The number of amides is 1. The van der Waals surface area contributed by atoms with E-state index < -0.39 is 0 Å². The van der Waals surface area contributed by atoms with Crippen LogP contribution in [0.25, 0.3) is 0 Å². The van der Waals surface area contributed by atoms with E-state index >= 15 is 0 Å². The quantitative estimate of drug-likeness (QED) is 0.839. The van der Waals surface area contributed by atoms with Gasteiger partial charge in [0.15, 0.2) is 0 Å². The zero-order valence-corrected chi connectivity index (χ0v) is 13.1. The minimum atomic E-state index is -0.283. The molecule has 0 saturated heterocycles. The van der Waals surface area contributed by atoms with Crippen molar-refractivity contribution in [2.45, 2.75) is 45.3 Å². The summed E-state index contributed by atoms with van der Waals surface area (Å²) in [7, 11) is 1.66. The molecule has 20 heavy (non-hydrogen) atoms. The number of carbonyl (C=O) groups is 1. The van der Waals surface area contributed by atoms with Crippen molar-refractivity contribution in [3.63, 3.8) is 0 Å². The first kappa shape index (κ1) is 16.7. The predicted octanol–water partition coefficient (Wildman–Crippen LogP) is 2.27. The number of rotatable bonds is 6. The van der Waals surface area contributed by atoms with Gasteiger partial charge in [0.25, 0.3) is 0 Å². The van der Waals surface area contributed by atoms with E-state index in [1.165, 1.54) is 0 Å². The fourth-order valence-corrected chi connectivity index (χ4v) is 1.95. The molecule has 4 heteroatoms. The average molecular weight is 278 g/mol. The van der Waals surface area contributed by atoms with Crippen LogP contribution in [0.2, 0.25) is 0 Å². The number of nitrogens with one attached hydrogen (secondary N) is 2. The fourth-order valence-electron chi connectivity index (χ4n) is 1.95. The zero-order valence-electron chi connectivity index (χ0n) is 13.1. The second kappa shape index (κ2) is 7.41. The first-order valence-electron chi connectivity index (χ1n) is 6.95. The zero-order chi connectivity index (χ0) is 15.2. The molecular weight excluding hydrogens is 252 g/mol. The fraction of sp³-hybridized carbons (Fsp3) is 0.562. The van der Waals surface area contributed by atoms with Crippen LogP contribution in [0, 0.1) is 0 Å². The smallest absolute Gasteiger partial charge is 0.237 e. The Labute approximate surface area is 121 Å². The lowest BCUT2D eigenvalue weighted by atomic mass is 10.1. The first-order valence-corrected chi connectivity index (χ1v) is 6.95. The van der Waals surface area contributed by atoms with Gasteiger partial charge in [-0.25, -0.2) is 0 Å².